The second kappa shape index (κ2) is 17.0. The molecule has 6 rings (SSSR count). The molecule has 0 unspecified atom stereocenters. The van der Waals surface area contributed by atoms with E-state index in [0.717, 1.165) is 27.8 Å². The smallest absolute Gasteiger partial charge is 0.411 e. The second-order valence-electron chi connectivity index (χ2n) is 12.3. The third-order valence-corrected chi connectivity index (χ3v) is 8.72. The lowest BCUT2D eigenvalue weighted by atomic mass is 9.93. The molecule has 5 aromatic carbocycles. The van der Waals surface area contributed by atoms with Crippen molar-refractivity contribution in [3.05, 3.63) is 167 Å². The highest BCUT2D eigenvalue weighted by molar-refractivity contribution is 5.90. The van der Waals surface area contributed by atoms with E-state index in [9.17, 15) is 14.4 Å². The van der Waals surface area contributed by atoms with Gasteiger partial charge in [-0.3, -0.25) is 9.69 Å². The second-order valence-corrected chi connectivity index (χ2v) is 12.3. The quantitative estimate of drug-likeness (QED) is 0.136. The van der Waals surface area contributed by atoms with Gasteiger partial charge in [0, 0.05) is 12.8 Å². The van der Waals surface area contributed by atoms with Crippen LogP contribution in [-0.2, 0) is 58.3 Å². The first kappa shape index (κ1) is 34.8. The third kappa shape index (κ3) is 9.33. The fraction of sp³-hybridized carbons (Fsp3) is 0.214. The van der Waals surface area contributed by atoms with Gasteiger partial charge in [-0.1, -0.05) is 121 Å². The van der Waals surface area contributed by atoms with Crippen LogP contribution >= 0.6 is 0 Å². The SMILES string of the molecule is COC(=O)[C@@H](Cc1ccc(OCc2ccccc2)c(OCc2ccccc2)c1)NC(=O)[C@@H]1Cc2ccccc2CN1C(=O)OCc1ccccc1. The number of carbonyl (C=O) groups is 3. The lowest BCUT2D eigenvalue weighted by Crippen LogP contribution is -2.56. The fourth-order valence-corrected chi connectivity index (χ4v) is 5.97. The van der Waals surface area contributed by atoms with E-state index >= 15 is 0 Å². The molecule has 9 heteroatoms. The summed E-state index contributed by atoms with van der Waals surface area (Å²) in [6.45, 7) is 0.911. The minimum absolute atomic E-state index is 0.0662. The van der Waals surface area contributed by atoms with E-state index in [1.807, 2.05) is 127 Å². The average Bonchev–Trinajstić information content (AvgIpc) is 3.18. The monoisotopic (exact) mass is 684 g/mol. The van der Waals surface area contributed by atoms with Gasteiger partial charge < -0.3 is 24.3 Å². The number of hydrogen-bond acceptors (Lipinski definition) is 7. The van der Waals surface area contributed by atoms with Gasteiger partial charge in [0.15, 0.2) is 11.5 Å². The number of carbonyl (C=O) groups excluding carboxylic acids is 3. The summed E-state index contributed by atoms with van der Waals surface area (Å²) in [7, 11) is 1.28. The Labute approximate surface area is 297 Å². The van der Waals surface area contributed by atoms with Gasteiger partial charge in [-0.2, -0.15) is 0 Å². The van der Waals surface area contributed by atoms with Crippen molar-refractivity contribution in [3.63, 3.8) is 0 Å². The normalized spacial score (nSPS) is 14.1. The van der Waals surface area contributed by atoms with Crippen LogP contribution in [0.3, 0.4) is 0 Å². The minimum atomic E-state index is -1.04. The summed E-state index contributed by atoms with van der Waals surface area (Å²) in [4.78, 5) is 42.0. The van der Waals surface area contributed by atoms with Crippen molar-refractivity contribution in [3.8, 4) is 11.5 Å². The fourth-order valence-electron chi connectivity index (χ4n) is 5.97. The molecule has 0 aromatic heterocycles. The Bertz CT molecular complexity index is 1920. The first-order valence-electron chi connectivity index (χ1n) is 16.9. The van der Waals surface area contributed by atoms with Crippen molar-refractivity contribution in [1.82, 2.24) is 10.2 Å². The van der Waals surface area contributed by atoms with Crippen LogP contribution in [0.1, 0.15) is 33.4 Å². The van der Waals surface area contributed by atoms with Gasteiger partial charge in [0.05, 0.1) is 13.7 Å². The molecule has 2 atom stereocenters. The summed E-state index contributed by atoms with van der Waals surface area (Å²) in [6, 6.07) is 40.1. The summed E-state index contributed by atoms with van der Waals surface area (Å²) in [5.41, 5.74) is 5.42. The maximum Gasteiger partial charge on any atom is 0.411 e. The highest BCUT2D eigenvalue weighted by Gasteiger charge is 2.37. The van der Waals surface area contributed by atoms with Crippen molar-refractivity contribution in [2.24, 2.45) is 0 Å². The number of hydrogen-bond donors (Lipinski definition) is 1. The molecule has 5 aromatic rings. The molecule has 1 aliphatic rings. The van der Waals surface area contributed by atoms with Crippen LogP contribution in [0.25, 0.3) is 0 Å². The van der Waals surface area contributed by atoms with Crippen molar-refractivity contribution in [2.45, 2.75) is 51.3 Å². The molecule has 1 aliphatic heterocycles. The van der Waals surface area contributed by atoms with Crippen LogP contribution in [0.2, 0.25) is 0 Å². The zero-order valence-corrected chi connectivity index (χ0v) is 28.4. The third-order valence-electron chi connectivity index (χ3n) is 8.72. The number of rotatable bonds is 13. The van der Waals surface area contributed by atoms with Gasteiger partial charge in [0.25, 0.3) is 0 Å². The van der Waals surface area contributed by atoms with E-state index in [0.29, 0.717) is 30.3 Å². The minimum Gasteiger partial charge on any atom is -0.485 e. The molecule has 0 saturated carbocycles. The van der Waals surface area contributed by atoms with Crippen LogP contribution in [0.4, 0.5) is 4.79 Å². The summed E-state index contributed by atoms with van der Waals surface area (Å²) in [5, 5.41) is 2.88. The number of nitrogens with zero attached hydrogens (tertiary/aromatic N) is 1. The van der Waals surface area contributed by atoms with Gasteiger partial charge in [-0.25, -0.2) is 9.59 Å². The number of amides is 2. The molecule has 9 nitrogen and oxygen atoms in total. The van der Waals surface area contributed by atoms with Crippen molar-refractivity contribution in [2.75, 3.05) is 7.11 Å². The van der Waals surface area contributed by atoms with Gasteiger partial charge in [-0.05, 0) is 45.5 Å². The molecule has 0 spiro atoms. The first-order valence-corrected chi connectivity index (χ1v) is 16.9. The molecule has 0 aliphatic carbocycles. The Kier molecular flexibility index (Phi) is 11.6. The van der Waals surface area contributed by atoms with Crippen LogP contribution < -0.4 is 14.8 Å². The molecule has 1 N–H and O–H groups in total. The highest BCUT2D eigenvalue weighted by atomic mass is 16.6. The van der Waals surface area contributed by atoms with Gasteiger partial charge >= 0.3 is 12.1 Å². The lowest BCUT2D eigenvalue weighted by Gasteiger charge is -2.35. The molecule has 1 heterocycles. The Morgan fingerprint density at radius 3 is 1.82 bits per heavy atom. The molecular weight excluding hydrogens is 644 g/mol. The van der Waals surface area contributed by atoms with Gasteiger partial charge in [0.2, 0.25) is 5.91 Å². The van der Waals surface area contributed by atoms with E-state index in [1.54, 1.807) is 6.07 Å². The number of esters is 1. The van der Waals surface area contributed by atoms with E-state index in [2.05, 4.69) is 5.32 Å². The predicted octanol–water partition coefficient (Wildman–Crippen LogP) is 6.81. The molecule has 0 bridgehead atoms. The Balaban J connectivity index is 1.20. The number of nitrogens with one attached hydrogen (secondary N) is 1. The van der Waals surface area contributed by atoms with Crippen molar-refractivity contribution >= 4 is 18.0 Å². The topological polar surface area (TPSA) is 103 Å². The summed E-state index contributed by atoms with van der Waals surface area (Å²) >= 11 is 0. The van der Waals surface area contributed by atoms with Gasteiger partial charge in [-0.15, -0.1) is 0 Å². The number of methoxy groups -OCH3 is 1. The zero-order chi connectivity index (χ0) is 35.4. The van der Waals surface area contributed by atoms with Crippen LogP contribution in [0.15, 0.2) is 133 Å². The van der Waals surface area contributed by atoms with Crippen LogP contribution in [0, 0.1) is 0 Å². The number of fused-ring (bicyclic) bond motifs is 1. The zero-order valence-electron chi connectivity index (χ0n) is 28.4. The van der Waals surface area contributed by atoms with E-state index in [1.165, 1.54) is 12.0 Å². The Morgan fingerprint density at radius 1 is 0.667 bits per heavy atom. The first-order chi connectivity index (χ1) is 25.0. The van der Waals surface area contributed by atoms with E-state index < -0.39 is 30.1 Å². The highest BCUT2D eigenvalue weighted by Crippen LogP contribution is 2.31. The predicted molar refractivity (Wildman–Crippen MR) is 192 cm³/mol. The standard InChI is InChI=1S/C42H40N2O7/c1-48-41(46)36(23-33-21-22-38(49-27-30-13-5-2-6-14-30)39(24-33)50-28-31-15-7-3-8-16-31)43-40(45)37-25-34-19-11-12-20-35(34)26-44(37)42(47)51-29-32-17-9-4-10-18-32/h2-22,24,36-37H,23,25-29H2,1H3,(H,43,45)/t36-,37+/m1/s1. The molecular formula is C42H40N2O7. The molecule has 0 saturated heterocycles. The number of ether oxygens (including phenoxy) is 4. The summed E-state index contributed by atoms with van der Waals surface area (Å²) in [5.74, 6) is -0.0602. The van der Waals surface area contributed by atoms with Gasteiger partial charge in [0.1, 0.15) is 31.9 Å². The summed E-state index contributed by atoms with van der Waals surface area (Å²) < 4.78 is 23.2. The lowest BCUT2D eigenvalue weighted by molar-refractivity contribution is -0.145. The molecule has 0 fully saturated rings. The Morgan fingerprint density at radius 2 is 1.22 bits per heavy atom. The van der Waals surface area contributed by atoms with Crippen LogP contribution in [0.5, 0.6) is 11.5 Å². The summed E-state index contributed by atoms with van der Waals surface area (Å²) in [6.07, 6.45) is -0.239. The number of benzene rings is 5. The van der Waals surface area contributed by atoms with Crippen molar-refractivity contribution < 1.29 is 33.3 Å². The molecule has 2 amide bonds. The molecule has 0 radical (unpaired) electrons. The largest absolute Gasteiger partial charge is 0.485 e. The van der Waals surface area contributed by atoms with Crippen molar-refractivity contribution in [1.29, 1.82) is 0 Å². The Hall–Kier alpha value is -6.09. The maximum atomic E-state index is 14.0. The van der Waals surface area contributed by atoms with E-state index in [4.69, 9.17) is 18.9 Å². The van der Waals surface area contributed by atoms with E-state index in [-0.39, 0.29) is 26.0 Å². The molecule has 260 valence electrons. The van der Waals surface area contributed by atoms with Crippen LogP contribution in [-0.4, -0.2) is 42.1 Å². The average molecular weight is 685 g/mol. The maximum absolute atomic E-state index is 14.0. The molecule has 51 heavy (non-hydrogen) atoms.